The van der Waals surface area contributed by atoms with E-state index in [0.29, 0.717) is 0 Å². The van der Waals surface area contributed by atoms with E-state index in [0.717, 1.165) is 5.56 Å². The molecular weight excluding hydrogens is 226 g/mol. The largest absolute Gasteiger partial charge is 0.289 e. The molecule has 0 saturated heterocycles. The molecule has 1 aromatic carbocycles. The Hall–Kier alpha value is -1.46. The highest BCUT2D eigenvalue weighted by Crippen LogP contribution is 2.01. The van der Waals surface area contributed by atoms with Gasteiger partial charge in [-0.05, 0) is 5.56 Å². The Morgan fingerprint density at radius 3 is 2.56 bits per heavy atom. The van der Waals surface area contributed by atoms with E-state index >= 15 is 0 Å². The third kappa shape index (κ3) is 4.86. The van der Waals surface area contributed by atoms with Crippen molar-refractivity contribution in [1.82, 2.24) is 4.72 Å². The van der Waals surface area contributed by atoms with E-state index in [2.05, 4.69) is 4.72 Å². The highest BCUT2D eigenvalue weighted by Gasteiger charge is 2.05. The Kier molecular flexibility index (Phi) is 4.88. The molecule has 16 heavy (non-hydrogen) atoms. The van der Waals surface area contributed by atoms with Gasteiger partial charge in [-0.3, -0.25) is 4.79 Å². The number of hydrogen-bond donors (Lipinski definition) is 1. The van der Waals surface area contributed by atoms with Gasteiger partial charge in [-0.15, -0.1) is 0 Å². The van der Waals surface area contributed by atoms with Gasteiger partial charge in [0.2, 0.25) is 16.3 Å². The number of hydrogen-bond acceptors (Lipinski definition) is 3. The second-order valence-electron chi connectivity index (χ2n) is 3.06. The Labute approximate surface area is 95.0 Å². The molecule has 1 aromatic rings. The first-order valence-corrected chi connectivity index (χ1v) is 6.33. The number of nitrogens with one attached hydrogen (secondary N) is 1. The van der Waals surface area contributed by atoms with Crippen LogP contribution in [0.5, 0.6) is 0 Å². The van der Waals surface area contributed by atoms with Crippen LogP contribution in [0.1, 0.15) is 5.56 Å². The molecule has 4 nitrogen and oxygen atoms in total. The fourth-order valence-corrected chi connectivity index (χ4v) is 1.82. The van der Waals surface area contributed by atoms with Crippen LogP contribution in [0.3, 0.4) is 0 Å². The summed E-state index contributed by atoms with van der Waals surface area (Å²) in [5, 5.41) is 0. The quantitative estimate of drug-likeness (QED) is 0.794. The number of benzene rings is 1. The molecule has 1 N–H and O–H groups in total. The van der Waals surface area contributed by atoms with E-state index in [9.17, 15) is 13.2 Å². The van der Waals surface area contributed by atoms with Crippen molar-refractivity contribution in [3.63, 3.8) is 0 Å². The molecule has 0 bridgehead atoms. The van der Waals surface area contributed by atoms with Gasteiger partial charge in [0.1, 0.15) is 0 Å². The summed E-state index contributed by atoms with van der Waals surface area (Å²) in [6, 6.07) is 9.36. The van der Waals surface area contributed by atoms with Crippen molar-refractivity contribution in [2.45, 2.75) is 0 Å². The van der Waals surface area contributed by atoms with Crippen molar-refractivity contribution in [2.75, 3.05) is 12.3 Å². The zero-order chi connectivity index (χ0) is 11.9. The van der Waals surface area contributed by atoms with E-state index in [1.807, 2.05) is 30.3 Å². The molecule has 0 heterocycles. The van der Waals surface area contributed by atoms with Crippen molar-refractivity contribution >= 4 is 22.4 Å². The molecule has 0 spiro atoms. The Morgan fingerprint density at radius 2 is 1.94 bits per heavy atom. The molecule has 0 amide bonds. The normalized spacial score (nSPS) is 11.8. The van der Waals surface area contributed by atoms with Crippen LogP contribution in [0.25, 0.3) is 6.08 Å². The fraction of sp³-hybridized carbons (Fsp3) is 0.182. The molecule has 0 atom stereocenters. The van der Waals surface area contributed by atoms with Crippen molar-refractivity contribution in [3.8, 4) is 0 Å². The second-order valence-corrected chi connectivity index (χ2v) is 4.91. The molecule has 1 rings (SSSR count). The first kappa shape index (κ1) is 12.6. The van der Waals surface area contributed by atoms with Gasteiger partial charge in [0.25, 0.3) is 0 Å². The molecule has 0 aliphatic carbocycles. The maximum Gasteiger partial charge on any atom is 0.215 e. The SMILES string of the molecule is O=[C]CNS(=O)(=O)CC=Cc1ccccc1. The van der Waals surface area contributed by atoms with Crippen LogP contribution in [0.15, 0.2) is 36.4 Å². The lowest BCUT2D eigenvalue weighted by Crippen LogP contribution is -2.27. The first-order chi connectivity index (χ1) is 7.64. The van der Waals surface area contributed by atoms with Gasteiger partial charge in [0.05, 0.1) is 12.3 Å². The zero-order valence-corrected chi connectivity index (χ0v) is 9.41. The summed E-state index contributed by atoms with van der Waals surface area (Å²) in [4.78, 5) is 9.88. The van der Waals surface area contributed by atoms with Gasteiger partial charge >= 0.3 is 0 Å². The molecule has 85 valence electrons. The molecule has 0 saturated carbocycles. The van der Waals surface area contributed by atoms with E-state index in [-0.39, 0.29) is 12.3 Å². The monoisotopic (exact) mass is 238 g/mol. The maximum absolute atomic E-state index is 11.2. The van der Waals surface area contributed by atoms with E-state index < -0.39 is 10.0 Å². The number of carbonyl (C=O) groups excluding carboxylic acids is 1. The van der Waals surface area contributed by atoms with Gasteiger partial charge in [-0.1, -0.05) is 42.5 Å². The number of rotatable bonds is 6. The van der Waals surface area contributed by atoms with E-state index in [1.54, 1.807) is 6.08 Å². The second kappa shape index (κ2) is 6.19. The van der Waals surface area contributed by atoms with Crippen molar-refractivity contribution < 1.29 is 13.2 Å². The lowest BCUT2D eigenvalue weighted by Gasteiger charge is -1.98. The first-order valence-electron chi connectivity index (χ1n) is 4.68. The summed E-state index contributed by atoms with van der Waals surface area (Å²) < 4.78 is 24.6. The Balaban J connectivity index is 2.51. The standard InChI is InChI=1S/C11H12NO3S/c13-9-8-12-16(14,15)10-4-7-11-5-2-1-3-6-11/h1-7,12H,8,10H2. The molecule has 0 aromatic heterocycles. The Morgan fingerprint density at radius 1 is 1.25 bits per heavy atom. The van der Waals surface area contributed by atoms with E-state index in [4.69, 9.17) is 0 Å². The summed E-state index contributed by atoms with van der Waals surface area (Å²) in [5.41, 5.74) is 0.930. The lowest BCUT2D eigenvalue weighted by molar-refractivity contribution is 0.550. The zero-order valence-electron chi connectivity index (χ0n) is 8.59. The lowest BCUT2D eigenvalue weighted by atomic mass is 10.2. The van der Waals surface area contributed by atoms with Gasteiger partial charge in [-0.25, -0.2) is 13.1 Å². The highest BCUT2D eigenvalue weighted by atomic mass is 32.2. The maximum atomic E-state index is 11.2. The van der Waals surface area contributed by atoms with Crippen LogP contribution in [0.4, 0.5) is 0 Å². The molecule has 0 unspecified atom stereocenters. The third-order valence-corrected chi connectivity index (χ3v) is 3.01. The van der Waals surface area contributed by atoms with Crippen molar-refractivity contribution in [1.29, 1.82) is 0 Å². The molecule has 1 radical (unpaired) electrons. The molecule has 0 fully saturated rings. The van der Waals surface area contributed by atoms with Crippen molar-refractivity contribution in [3.05, 3.63) is 42.0 Å². The van der Waals surface area contributed by atoms with Crippen LogP contribution < -0.4 is 4.72 Å². The van der Waals surface area contributed by atoms with Gasteiger partial charge in [0, 0.05) is 0 Å². The van der Waals surface area contributed by atoms with Gasteiger partial charge < -0.3 is 0 Å². The smallest absolute Gasteiger partial charge is 0.215 e. The topological polar surface area (TPSA) is 63.2 Å². The highest BCUT2D eigenvalue weighted by molar-refractivity contribution is 7.89. The van der Waals surface area contributed by atoms with Crippen molar-refractivity contribution in [2.24, 2.45) is 0 Å². The summed E-state index contributed by atoms with van der Waals surface area (Å²) in [6.45, 7) is -0.304. The van der Waals surface area contributed by atoms with Crippen LogP contribution in [-0.4, -0.2) is 27.0 Å². The van der Waals surface area contributed by atoms with Crippen LogP contribution in [0, 0.1) is 0 Å². The minimum atomic E-state index is -3.41. The number of sulfonamides is 1. The Bertz CT molecular complexity index is 451. The predicted molar refractivity (Wildman–Crippen MR) is 63.0 cm³/mol. The van der Waals surface area contributed by atoms with E-state index in [1.165, 1.54) is 12.4 Å². The average Bonchev–Trinajstić information content (AvgIpc) is 2.28. The minimum Gasteiger partial charge on any atom is -0.289 e. The molecule has 0 aliphatic heterocycles. The molecule has 0 aliphatic rings. The van der Waals surface area contributed by atoms with Crippen LogP contribution in [0.2, 0.25) is 0 Å². The molecular formula is C11H12NO3S. The average molecular weight is 238 g/mol. The predicted octanol–water partition coefficient (Wildman–Crippen LogP) is 0.729. The molecule has 5 heteroatoms. The van der Waals surface area contributed by atoms with Gasteiger partial charge in [-0.2, -0.15) is 0 Å². The third-order valence-electron chi connectivity index (χ3n) is 1.79. The summed E-state index contributed by atoms with van der Waals surface area (Å²) in [5.74, 6) is -0.149. The summed E-state index contributed by atoms with van der Waals surface area (Å²) in [6.07, 6.45) is 4.71. The fourth-order valence-electron chi connectivity index (χ4n) is 1.07. The van der Waals surface area contributed by atoms with Crippen LogP contribution in [-0.2, 0) is 14.8 Å². The summed E-state index contributed by atoms with van der Waals surface area (Å²) in [7, 11) is -3.41. The summed E-state index contributed by atoms with van der Waals surface area (Å²) >= 11 is 0. The minimum absolute atomic E-state index is 0.149. The van der Waals surface area contributed by atoms with Gasteiger partial charge in [0.15, 0.2) is 0 Å². The van der Waals surface area contributed by atoms with Crippen LogP contribution >= 0.6 is 0 Å².